The molecule has 1 aromatic heterocycles. The van der Waals surface area contributed by atoms with Crippen molar-refractivity contribution in [2.45, 2.75) is 45.1 Å². The van der Waals surface area contributed by atoms with Crippen LogP contribution in [0.5, 0.6) is 0 Å². The Hall–Kier alpha value is -2.28. The molecule has 1 aromatic carbocycles. The number of aryl methyl sites for hydroxylation is 1. The molecule has 7 heteroatoms. The van der Waals surface area contributed by atoms with E-state index in [0.29, 0.717) is 12.1 Å². The molecule has 27 heavy (non-hydrogen) atoms. The molecule has 0 atom stereocenters. The highest BCUT2D eigenvalue weighted by atomic mass is 19.4. The van der Waals surface area contributed by atoms with Gasteiger partial charge in [-0.2, -0.15) is 13.2 Å². The molecule has 0 bridgehead atoms. The quantitative estimate of drug-likeness (QED) is 0.721. The molecule has 4 nitrogen and oxygen atoms in total. The number of carbonyl (C=O) groups is 1. The molecule has 0 unspecified atom stereocenters. The number of rotatable bonds is 7. The minimum atomic E-state index is -4.37. The van der Waals surface area contributed by atoms with E-state index in [-0.39, 0.29) is 25.0 Å². The molecule has 0 N–H and O–H groups in total. The van der Waals surface area contributed by atoms with Gasteiger partial charge in [0.05, 0.1) is 18.7 Å². The van der Waals surface area contributed by atoms with Crippen LogP contribution in [0.3, 0.4) is 0 Å². The molecule has 2 aromatic rings. The van der Waals surface area contributed by atoms with Gasteiger partial charge in [0.1, 0.15) is 11.5 Å². The van der Waals surface area contributed by atoms with E-state index < -0.39 is 11.7 Å². The summed E-state index contributed by atoms with van der Waals surface area (Å²) in [5.41, 5.74) is -0.146. The number of nitrogens with zero attached hydrogens (tertiary/aromatic N) is 2. The van der Waals surface area contributed by atoms with E-state index in [2.05, 4.69) is 0 Å². The first-order valence-electron chi connectivity index (χ1n) is 8.92. The standard InChI is InChI=1S/C20H23F3N2O2/c1-14-6-9-18(27-14)12-25(17-7-8-17)19(26)13-24(2)11-15-4-3-5-16(10-15)20(21,22)23/h3-6,9-10,17H,7-8,11-13H2,1-2H3. The van der Waals surface area contributed by atoms with Crippen molar-refractivity contribution in [1.29, 1.82) is 0 Å². The van der Waals surface area contributed by atoms with Crippen molar-refractivity contribution in [2.24, 2.45) is 0 Å². The lowest BCUT2D eigenvalue weighted by molar-refractivity contribution is -0.138. The number of likely N-dealkylation sites (N-methyl/N-ethyl adjacent to an activating group) is 1. The van der Waals surface area contributed by atoms with Crippen molar-refractivity contribution in [1.82, 2.24) is 9.80 Å². The van der Waals surface area contributed by atoms with Crippen LogP contribution < -0.4 is 0 Å². The zero-order valence-electron chi connectivity index (χ0n) is 15.4. The van der Waals surface area contributed by atoms with E-state index in [1.54, 1.807) is 22.9 Å². The molecule has 1 aliphatic carbocycles. The topological polar surface area (TPSA) is 36.7 Å². The number of alkyl halides is 3. The summed E-state index contributed by atoms with van der Waals surface area (Å²) in [5.74, 6) is 1.50. The summed E-state index contributed by atoms with van der Waals surface area (Å²) in [7, 11) is 1.74. The average molecular weight is 380 g/mol. The molecule has 146 valence electrons. The Kier molecular flexibility index (Phi) is 5.60. The van der Waals surface area contributed by atoms with Gasteiger partial charge in [0.25, 0.3) is 0 Å². The Balaban J connectivity index is 1.60. The van der Waals surface area contributed by atoms with Crippen LogP contribution in [-0.2, 0) is 24.1 Å². The Morgan fingerprint density at radius 3 is 2.52 bits per heavy atom. The average Bonchev–Trinajstić information content (AvgIpc) is 3.34. The van der Waals surface area contributed by atoms with Gasteiger partial charge in [-0.05, 0) is 50.6 Å². The largest absolute Gasteiger partial charge is 0.464 e. The number of hydrogen-bond donors (Lipinski definition) is 0. The second-order valence-corrected chi connectivity index (χ2v) is 7.14. The third-order valence-corrected chi connectivity index (χ3v) is 4.54. The van der Waals surface area contributed by atoms with Crippen molar-refractivity contribution < 1.29 is 22.4 Å². The van der Waals surface area contributed by atoms with E-state index in [4.69, 9.17) is 4.42 Å². The number of amides is 1. The summed E-state index contributed by atoms with van der Waals surface area (Å²) in [6, 6.07) is 9.17. The van der Waals surface area contributed by atoms with Crippen molar-refractivity contribution in [3.8, 4) is 0 Å². The zero-order chi connectivity index (χ0) is 19.6. The summed E-state index contributed by atoms with van der Waals surface area (Å²) < 4.78 is 44.1. The summed E-state index contributed by atoms with van der Waals surface area (Å²) in [6.45, 7) is 2.70. The highest BCUT2D eigenvalue weighted by Gasteiger charge is 2.33. The molecule has 0 aliphatic heterocycles. The first-order chi connectivity index (χ1) is 12.7. The minimum absolute atomic E-state index is 0.0407. The van der Waals surface area contributed by atoms with E-state index >= 15 is 0 Å². The zero-order valence-corrected chi connectivity index (χ0v) is 15.4. The SMILES string of the molecule is Cc1ccc(CN(C(=O)CN(C)Cc2cccc(C(F)(F)F)c2)C2CC2)o1. The highest BCUT2D eigenvalue weighted by Crippen LogP contribution is 2.30. The maximum absolute atomic E-state index is 12.8. The molecule has 3 rings (SSSR count). The van der Waals surface area contributed by atoms with Crippen molar-refractivity contribution >= 4 is 5.91 Å². The Bertz CT molecular complexity index is 797. The fraction of sp³-hybridized carbons (Fsp3) is 0.450. The predicted molar refractivity (Wildman–Crippen MR) is 94.8 cm³/mol. The van der Waals surface area contributed by atoms with Gasteiger partial charge in [0, 0.05) is 12.6 Å². The van der Waals surface area contributed by atoms with Gasteiger partial charge in [-0.15, -0.1) is 0 Å². The maximum atomic E-state index is 12.8. The predicted octanol–water partition coefficient (Wildman–Crippen LogP) is 4.23. The number of halogens is 3. The molecule has 0 saturated heterocycles. The smallest absolute Gasteiger partial charge is 0.416 e. The molecule has 0 spiro atoms. The van der Waals surface area contributed by atoms with Crippen molar-refractivity contribution in [3.05, 3.63) is 59.0 Å². The third-order valence-electron chi connectivity index (χ3n) is 4.54. The molecular formula is C20H23F3N2O2. The molecule has 1 aliphatic rings. The third kappa shape index (κ3) is 5.35. The van der Waals surface area contributed by atoms with E-state index in [1.807, 2.05) is 19.1 Å². The van der Waals surface area contributed by atoms with Crippen LogP contribution in [0.2, 0.25) is 0 Å². The lowest BCUT2D eigenvalue weighted by Crippen LogP contribution is -2.39. The van der Waals surface area contributed by atoms with Gasteiger partial charge in [-0.25, -0.2) is 0 Å². The fourth-order valence-electron chi connectivity index (χ4n) is 3.08. The normalized spacial score (nSPS) is 14.6. The summed E-state index contributed by atoms with van der Waals surface area (Å²) >= 11 is 0. The maximum Gasteiger partial charge on any atom is 0.416 e. The first-order valence-corrected chi connectivity index (χ1v) is 8.92. The number of furan rings is 1. The molecule has 1 amide bonds. The van der Waals surface area contributed by atoms with Gasteiger partial charge in [-0.1, -0.05) is 18.2 Å². The Labute approximate surface area is 156 Å². The van der Waals surface area contributed by atoms with Gasteiger partial charge in [-0.3, -0.25) is 9.69 Å². The second kappa shape index (κ2) is 7.76. The van der Waals surface area contributed by atoms with Crippen LogP contribution in [0.15, 0.2) is 40.8 Å². The first kappa shape index (κ1) is 19.5. The van der Waals surface area contributed by atoms with Crippen molar-refractivity contribution in [2.75, 3.05) is 13.6 Å². The summed E-state index contributed by atoms with van der Waals surface area (Å²) in [4.78, 5) is 16.3. The van der Waals surface area contributed by atoms with Gasteiger partial charge < -0.3 is 9.32 Å². The van der Waals surface area contributed by atoms with Crippen LogP contribution in [-0.4, -0.2) is 35.3 Å². The lowest BCUT2D eigenvalue weighted by atomic mass is 10.1. The second-order valence-electron chi connectivity index (χ2n) is 7.14. The van der Waals surface area contributed by atoms with Crippen LogP contribution in [0.4, 0.5) is 13.2 Å². The van der Waals surface area contributed by atoms with Gasteiger partial charge in [0.2, 0.25) is 5.91 Å². The Morgan fingerprint density at radius 2 is 1.93 bits per heavy atom. The molecule has 1 heterocycles. The molecular weight excluding hydrogens is 357 g/mol. The van der Waals surface area contributed by atoms with Crippen LogP contribution in [0, 0.1) is 6.92 Å². The summed E-state index contributed by atoms with van der Waals surface area (Å²) in [6.07, 6.45) is -2.42. The summed E-state index contributed by atoms with van der Waals surface area (Å²) in [5, 5.41) is 0. The fourth-order valence-corrected chi connectivity index (χ4v) is 3.08. The minimum Gasteiger partial charge on any atom is -0.464 e. The van der Waals surface area contributed by atoms with Crippen LogP contribution in [0.25, 0.3) is 0 Å². The lowest BCUT2D eigenvalue weighted by Gasteiger charge is -2.25. The van der Waals surface area contributed by atoms with Gasteiger partial charge in [0.15, 0.2) is 0 Å². The monoisotopic (exact) mass is 380 g/mol. The van der Waals surface area contributed by atoms with Gasteiger partial charge >= 0.3 is 6.18 Å². The number of carbonyl (C=O) groups excluding carboxylic acids is 1. The van der Waals surface area contributed by atoms with E-state index in [1.165, 1.54) is 6.07 Å². The van der Waals surface area contributed by atoms with E-state index in [9.17, 15) is 18.0 Å². The van der Waals surface area contributed by atoms with Crippen molar-refractivity contribution in [3.63, 3.8) is 0 Å². The number of hydrogen-bond acceptors (Lipinski definition) is 3. The Morgan fingerprint density at radius 1 is 1.19 bits per heavy atom. The van der Waals surface area contributed by atoms with Crippen LogP contribution in [0.1, 0.15) is 35.5 Å². The number of benzene rings is 1. The molecule has 1 saturated carbocycles. The molecule has 0 radical (unpaired) electrons. The highest BCUT2D eigenvalue weighted by molar-refractivity contribution is 5.78. The molecule has 1 fully saturated rings. The van der Waals surface area contributed by atoms with Crippen LogP contribution >= 0.6 is 0 Å². The van der Waals surface area contributed by atoms with E-state index in [0.717, 1.165) is 36.5 Å².